The first-order valence-corrected chi connectivity index (χ1v) is 7.27. The molecule has 0 aliphatic carbocycles. The van der Waals surface area contributed by atoms with Gasteiger partial charge in [-0.2, -0.15) is 4.98 Å². The topological polar surface area (TPSA) is 80.9 Å². The highest BCUT2D eigenvalue weighted by Crippen LogP contribution is 2.24. The highest BCUT2D eigenvalue weighted by atomic mass is 16.5. The molecule has 1 aliphatic heterocycles. The number of hydrogen-bond donors (Lipinski definition) is 0. The third-order valence-corrected chi connectivity index (χ3v) is 3.73. The predicted molar refractivity (Wildman–Crippen MR) is 82.5 cm³/mol. The Bertz CT molecular complexity index is 680. The van der Waals surface area contributed by atoms with Crippen LogP contribution in [0.3, 0.4) is 0 Å². The van der Waals surface area contributed by atoms with E-state index in [0.717, 1.165) is 11.3 Å². The molecule has 122 valence electrons. The predicted octanol–water partition coefficient (Wildman–Crippen LogP) is 1.63. The van der Waals surface area contributed by atoms with Crippen LogP contribution in [0.15, 0.2) is 28.8 Å². The molecule has 3 rings (SSSR count). The van der Waals surface area contributed by atoms with Gasteiger partial charge in [0.15, 0.2) is 0 Å². The second kappa shape index (κ2) is 6.55. The quantitative estimate of drug-likeness (QED) is 0.851. The maximum absolute atomic E-state index is 11.5. The monoisotopic (exact) mass is 318 g/mol. The maximum atomic E-state index is 11.5. The number of benzene rings is 1. The number of amides is 1. The number of aromatic nitrogens is 2. The molecule has 1 aromatic carbocycles. The summed E-state index contributed by atoms with van der Waals surface area (Å²) in [6, 6.07) is 7.93. The summed E-state index contributed by atoms with van der Waals surface area (Å²) in [4.78, 5) is 19.5. The molecular formula is C15H18N4O4. The number of anilines is 1. The molecule has 23 heavy (non-hydrogen) atoms. The van der Waals surface area contributed by atoms with E-state index in [4.69, 9.17) is 14.0 Å². The second-order valence-electron chi connectivity index (χ2n) is 5.08. The largest absolute Gasteiger partial charge is 0.497 e. The van der Waals surface area contributed by atoms with Gasteiger partial charge in [-0.3, -0.25) is 0 Å². The minimum atomic E-state index is -0.313. The summed E-state index contributed by atoms with van der Waals surface area (Å²) >= 11 is 0. The van der Waals surface area contributed by atoms with Crippen molar-refractivity contribution in [3.8, 4) is 17.1 Å². The van der Waals surface area contributed by atoms with E-state index < -0.39 is 0 Å². The van der Waals surface area contributed by atoms with Gasteiger partial charge >= 0.3 is 12.1 Å². The van der Waals surface area contributed by atoms with Gasteiger partial charge in [-0.15, -0.1) is 0 Å². The SMILES string of the molecule is COC(=O)N1CCN(c2nc(-c3cccc(OC)c3)no2)CC1. The van der Waals surface area contributed by atoms with Crippen LogP contribution >= 0.6 is 0 Å². The van der Waals surface area contributed by atoms with Crippen LogP contribution in [0.25, 0.3) is 11.4 Å². The molecule has 1 aliphatic rings. The molecule has 2 aromatic rings. The van der Waals surface area contributed by atoms with Crippen LogP contribution in [-0.4, -0.2) is 61.5 Å². The number of hydrogen-bond acceptors (Lipinski definition) is 7. The molecule has 1 aromatic heterocycles. The number of nitrogens with zero attached hydrogens (tertiary/aromatic N) is 4. The van der Waals surface area contributed by atoms with Crippen LogP contribution < -0.4 is 9.64 Å². The molecule has 0 spiro atoms. The Labute approximate surface area is 133 Å². The summed E-state index contributed by atoms with van der Waals surface area (Å²) in [7, 11) is 2.99. The van der Waals surface area contributed by atoms with Crippen molar-refractivity contribution in [3.63, 3.8) is 0 Å². The van der Waals surface area contributed by atoms with Gasteiger partial charge in [0, 0.05) is 31.7 Å². The van der Waals surface area contributed by atoms with Gasteiger partial charge in [-0.1, -0.05) is 17.3 Å². The van der Waals surface area contributed by atoms with E-state index in [2.05, 4.69) is 10.1 Å². The summed E-state index contributed by atoms with van der Waals surface area (Å²) in [5.41, 5.74) is 0.826. The van der Waals surface area contributed by atoms with E-state index in [1.807, 2.05) is 29.2 Å². The molecule has 0 radical (unpaired) electrons. The molecule has 8 heteroatoms. The van der Waals surface area contributed by atoms with Crippen molar-refractivity contribution < 1.29 is 18.8 Å². The lowest BCUT2D eigenvalue weighted by Gasteiger charge is -2.32. The highest BCUT2D eigenvalue weighted by Gasteiger charge is 2.24. The zero-order valence-corrected chi connectivity index (χ0v) is 13.1. The van der Waals surface area contributed by atoms with Crippen molar-refractivity contribution in [1.29, 1.82) is 0 Å². The smallest absolute Gasteiger partial charge is 0.409 e. The third-order valence-electron chi connectivity index (χ3n) is 3.73. The Balaban J connectivity index is 1.69. The highest BCUT2D eigenvalue weighted by molar-refractivity contribution is 5.67. The van der Waals surface area contributed by atoms with Crippen molar-refractivity contribution in [2.24, 2.45) is 0 Å². The van der Waals surface area contributed by atoms with E-state index in [9.17, 15) is 4.79 Å². The standard InChI is InChI=1S/C15H18N4O4/c1-21-12-5-3-4-11(10-12)13-16-14(23-17-13)18-6-8-19(9-7-18)15(20)22-2/h3-5,10H,6-9H2,1-2H3. The molecule has 1 amide bonds. The zero-order valence-electron chi connectivity index (χ0n) is 13.1. The van der Waals surface area contributed by atoms with Crippen molar-refractivity contribution >= 4 is 12.1 Å². The number of methoxy groups -OCH3 is 2. The zero-order chi connectivity index (χ0) is 16.2. The number of piperazine rings is 1. The van der Waals surface area contributed by atoms with Gasteiger partial charge in [-0.05, 0) is 12.1 Å². The average Bonchev–Trinajstić information content (AvgIpc) is 3.11. The molecule has 0 saturated carbocycles. The van der Waals surface area contributed by atoms with Crippen LogP contribution in [0.1, 0.15) is 0 Å². The number of ether oxygens (including phenoxy) is 2. The van der Waals surface area contributed by atoms with Gasteiger partial charge in [0.25, 0.3) is 0 Å². The Kier molecular flexibility index (Phi) is 4.31. The number of carbonyl (C=O) groups excluding carboxylic acids is 1. The molecule has 0 bridgehead atoms. The van der Waals surface area contributed by atoms with Crippen LogP contribution in [0.4, 0.5) is 10.8 Å². The lowest BCUT2D eigenvalue weighted by Crippen LogP contribution is -2.48. The van der Waals surface area contributed by atoms with Gasteiger partial charge in [0.1, 0.15) is 5.75 Å². The van der Waals surface area contributed by atoms with Gasteiger partial charge in [0.2, 0.25) is 5.82 Å². The summed E-state index contributed by atoms with van der Waals surface area (Å²) < 4.78 is 15.3. The van der Waals surface area contributed by atoms with Crippen molar-refractivity contribution in [2.45, 2.75) is 0 Å². The first-order chi connectivity index (χ1) is 11.2. The van der Waals surface area contributed by atoms with E-state index in [0.29, 0.717) is 38.0 Å². The Morgan fingerprint density at radius 2 is 2.00 bits per heavy atom. The molecule has 1 fully saturated rings. The minimum Gasteiger partial charge on any atom is -0.497 e. The fraction of sp³-hybridized carbons (Fsp3) is 0.400. The summed E-state index contributed by atoms with van der Waals surface area (Å²) in [6.45, 7) is 2.36. The lowest BCUT2D eigenvalue weighted by molar-refractivity contribution is 0.120. The fourth-order valence-corrected chi connectivity index (χ4v) is 2.43. The molecule has 0 atom stereocenters. The molecule has 1 saturated heterocycles. The van der Waals surface area contributed by atoms with Crippen LogP contribution in [0.2, 0.25) is 0 Å². The molecule has 2 heterocycles. The number of rotatable bonds is 3. The first-order valence-electron chi connectivity index (χ1n) is 7.27. The first kappa shape index (κ1) is 15.1. The summed E-state index contributed by atoms with van der Waals surface area (Å²) in [6.07, 6.45) is -0.313. The fourth-order valence-electron chi connectivity index (χ4n) is 2.43. The average molecular weight is 318 g/mol. The molecule has 0 unspecified atom stereocenters. The van der Waals surface area contributed by atoms with Crippen molar-refractivity contribution in [1.82, 2.24) is 15.0 Å². The maximum Gasteiger partial charge on any atom is 0.409 e. The van der Waals surface area contributed by atoms with Gasteiger partial charge in [0.05, 0.1) is 14.2 Å². The Morgan fingerprint density at radius 1 is 1.22 bits per heavy atom. The van der Waals surface area contributed by atoms with Crippen molar-refractivity contribution in [2.75, 3.05) is 45.3 Å². The summed E-state index contributed by atoms with van der Waals surface area (Å²) in [5.74, 6) is 1.25. The molecule has 0 N–H and O–H groups in total. The van der Waals surface area contributed by atoms with Crippen LogP contribution in [0.5, 0.6) is 5.75 Å². The third kappa shape index (κ3) is 3.20. The van der Waals surface area contributed by atoms with E-state index in [-0.39, 0.29) is 6.09 Å². The summed E-state index contributed by atoms with van der Waals surface area (Å²) in [5, 5.41) is 4.02. The molecular weight excluding hydrogens is 300 g/mol. The van der Waals surface area contributed by atoms with E-state index in [1.165, 1.54) is 7.11 Å². The Hall–Kier alpha value is -2.77. The Morgan fingerprint density at radius 3 is 2.70 bits per heavy atom. The normalized spacial score (nSPS) is 14.7. The second-order valence-corrected chi connectivity index (χ2v) is 5.08. The van der Waals surface area contributed by atoms with Gasteiger partial charge < -0.3 is 23.8 Å². The van der Waals surface area contributed by atoms with Crippen LogP contribution in [-0.2, 0) is 4.74 Å². The lowest BCUT2D eigenvalue weighted by atomic mass is 10.2. The van der Waals surface area contributed by atoms with Gasteiger partial charge in [-0.25, -0.2) is 4.79 Å². The van der Waals surface area contributed by atoms with E-state index >= 15 is 0 Å². The number of carbonyl (C=O) groups is 1. The van der Waals surface area contributed by atoms with Crippen LogP contribution in [0, 0.1) is 0 Å². The van der Waals surface area contributed by atoms with Crippen molar-refractivity contribution in [3.05, 3.63) is 24.3 Å². The molecule has 8 nitrogen and oxygen atoms in total. The van der Waals surface area contributed by atoms with E-state index in [1.54, 1.807) is 12.0 Å². The minimum absolute atomic E-state index is 0.313.